The fourth-order valence-corrected chi connectivity index (χ4v) is 4.51. The number of rotatable bonds is 5. The highest BCUT2D eigenvalue weighted by atomic mass is 16.5. The van der Waals surface area contributed by atoms with Gasteiger partial charge in [0.1, 0.15) is 0 Å². The first-order chi connectivity index (χ1) is 11.6. The van der Waals surface area contributed by atoms with E-state index in [2.05, 4.69) is 58.3 Å². The molecular formula is C22H44N2O. The summed E-state index contributed by atoms with van der Waals surface area (Å²) in [6, 6.07) is 0.844. The maximum atomic E-state index is 5.88. The van der Waals surface area contributed by atoms with Gasteiger partial charge in [0.15, 0.2) is 0 Å². The normalized spacial score (nSPS) is 28.9. The fraction of sp³-hybridized carbons (Fsp3) is 1.00. The van der Waals surface area contributed by atoms with Crippen LogP contribution in [0.3, 0.4) is 0 Å². The zero-order chi connectivity index (χ0) is 18.7. The molecule has 1 unspecified atom stereocenters. The third-order valence-electron chi connectivity index (χ3n) is 6.68. The van der Waals surface area contributed by atoms with Gasteiger partial charge in [-0.2, -0.15) is 0 Å². The predicted molar refractivity (Wildman–Crippen MR) is 108 cm³/mol. The molecule has 1 aliphatic carbocycles. The molecule has 3 nitrogen and oxygen atoms in total. The molecule has 148 valence electrons. The molecule has 2 rings (SSSR count). The first-order valence-corrected chi connectivity index (χ1v) is 10.7. The molecule has 0 aromatic heterocycles. The molecule has 0 aromatic rings. The molecule has 1 saturated heterocycles. The Bertz CT molecular complexity index is 380. The lowest BCUT2D eigenvalue weighted by Crippen LogP contribution is -2.52. The quantitative estimate of drug-likeness (QED) is 0.716. The lowest BCUT2D eigenvalue weighted by atomic mass is 9.68. The summed E-state index contributed by atoms with van der Waals surface area (Å²) in [6.07, 6.45) is 5.70. The van der Waals surface area contributed by atoms with E-state index >= 15 is 0 Å². The smallest absolute Gasteiger partial charge is 0.0600 e. The van der Waals surface area contributed by atoms with Crippen LogP contribution in [0.5, 0.6) is 0 Å². The topological polar surface area (TPSA) is 15.7 Å². The molecule has 0 radical (unpaired) electrons. The van der Waals surface area contributed by atoms with Gasteiger partial charge in [0.25, 0.3) is 0 Å². The standard InChI is InChI=1S/C22H44N2O/c1-18(21(2,3)4)19-8-10-20(11-9-19)24-14-12-23(13-15-24)16-17-25-22(5,6)7/h18-20H,8-17H2,1-7H3. The van der Waals surface area contributed by atoms with Crippen molar-refractivity contribution in [3.63, 3.8) is 0 Å². The Morgan fingerprint density at radius 2 is 1.44 bits per heavy atom. The van der Waals surface area contributed by atoms with Crippen molar-refractivity contribution in [2.75, 3.05) is 39.3 Å². The average Bonchev–Trinajstić information content (AvgIpc) is 2.53. The third-order valence-corrected chi connectivity index (χ3v) is 6.68. The van der Waals surface area contributed by atoms with Crippen LogP contribution < -0.4 is 0 Å². The van der Waals surface area contributed by atoms with Gasteiger partial charge in [0.05, 0.1) is 12.2 Å². The summed E-state index contributed by atoms with van der Waals surface area (Å²) >= 11 is 0. The van der Waals surface area contributed by atoms with Gasteiger partial charge in [-0.15, -0.1) is 0 Å². The van der Waals surface area contributed by atoms with E-state index in [0.29, 0.717) is 5.41 Å². The minimum atomic E-state index is -0.00927. The van der Waals surface area contributed by atoms with Crippen molar-refractivity contribution in [1.29, 1.82) is 0 Å². The number of piperazine rings is 1. The van der Waals surface area contributed by atoms with Crippen LogP contribution in [-0.4, -0.2) is 60.8 Å². The summed E-state index contributed by atoms with van der Waals surface area (Å²) in [5.41, 5.74) is 0.447. The third kappa shape index (κ3) is 6.84. The second kappa shape index (κ2) is 8.71. The van der Waals surface area contributed by atoms with Gasteiger partial charge in [0, 0.05) is 38.8 Å². The molecule has 0 bridgehead atoms. The first kappa shape index (κ1) is 21.2. The molecule has 3 heteroatoms. The van der Waals surface area contributed by atoms with Crippen molar-refractivity contribution in [3.8, 4) is 0 Å². The Balaban J connectivity index is 1.67. The van der Waals surface area contributed by atoms with Crippen LogP contribution in [0.1, 0.15) is 74.1 Å². The summed E-state index contributed by atoms with van der Waals surface area (Å²) in [5.74, 6) is 1.78. The molecule has 25 heavy (non-hydrogen) atoms. The summed E-state index contributed by atoms with van der Waals surface area (Å²) in [5, 5.41) is 0. The van der Waals surface area contributed by atoms with E-state index < -0.39 is 0 Å². The van der Waals surface area contributed by atoms with E-state index in [0.717, 1.165) is 31.0 Å². The van der Waals surface area contributed by atoms with Crippen molar-refractivity contribution < 1.29 is 4.74 Å². The Morgan fingerprint density at radius 1 is 0.880 bits per heavy atom. The van der Waals surface area contributed by atoms with E-state index in [-0.39, 0.29) is 5.60 Å². The van der Waals surface area contributed by atoms with Gasteiger partial charge in [-0.25, -0.2) is 0 Å². The minimum absolute atomic E-state index is 0.00927. The van der Waals surface area contributed by atoms with Crippen LogP contribution in [0.25, 0.3) is 0 Å². The Labute approximate surface area is 157 Å². The van der Waals surface area contributed by atoms with Crippen LogP contribution in [0, 0.1) is 17.3 Å². The Morgan fingerprint density at radius 3 is 1.92 bits per heavy atom. The van der Waals surface area contributed by atoms with E-state index in [9.17, 15) is 0 Å². The van der Waals surface area contributed by atoms with Crippen LogP contribution >= 0.6 is 0 Å². The number of nitrogens with zero attached hydrogens (tertiary/aromatic N) is 2. The maximum Gasteiger partial charge on any atom is 0.0600 e. The zero-order valence-electron chi connectivity index (χ0n) is 18.1. The number of hydrogen-bond donors (Lipinski definition) is 0. The van der Waals surface area contributed by atoms with Gasteiger partial charge in [-0.1, -0.05) is 27.7 Å². The van der Waals surface area contributed by atoms with Crippen LogP contribution in [-0.2, 0) is 4.74 Å². The number of hydrogen-bond acceptors (Lipinski definition) is 3. The van der Waals surface area contributed by atoms with Crippen molar-refractivity contribution in [1.82, 2.24) is 9.80 Å². The Kier molecular flexibility index (Phi) is 7.38. The second-order valence-electron chi connectivity index (χ2n) is 10.6. The van der Waals surface area contributed by atoms with Crippen molar-refractivity contribution >= 4 is 0 Å². The second-order valence-corrected chi connectivity index (χ2v) is 10.6. The highest BCUT2D eigenvalue weighted by molar-refractivity contribution is 4.87. The van der Waals surface area contributed by atoms with Gasteiger partial charge in [-0.05, 0) is 63.7 Å². The highest BCUT2D eigenvalue weighted by Gasteiger charge is 2.34. The van der Waals surface area contributed by atoms with Gasteiger partial charge in [0.2, 0.25) is 0 Å². The Hall–Kier alpha value is -0.120. The highest BCUT2D eigenvalue weighted by Crippen LogP contribution is 2.40. The van der Waals surface area contributed by atoms with Crippen LogP contribution in [0.4, 0.5) is 0 Å². The van der Waals surface area contributed by atoms with Crippen molar-refractivity contribution in [2.24, 2.45) is 17.3 Å². The summed E-state index contributed by atoms with van der Waals surface area (Å²) in [6.45, 7) is 23.0. The van der Waals surface area contributed by atoms with Gasteiger partial charge < -0.3 is 4.74 Å². The molecule has 0 aromatic carbocycles. The molecule has 0 amide bonds. The van der Waals surface area contributed by atoms with E-state index in [1.807, 2.05) is 0 Å². The average molecular weight is 353 g/mol. The molecule has 2 fully saturated rings. The fourth-order valence-electron chi connectivity index (χ4n) is 4.51. The molecule has 1 atom stereocenters. The summed E-state index contributed by atoms with van der Waals surface area (Å²) in [4.78, 5) is 5.36. The molecule has 0 N–H and O–H groups in total. The van der Waals surface area contributed by atoms with E-state index in [1.165, 1.54) is 51.9 Å². The zero-order valence-corrected chi connectivity index (χ0v) is 18.1. The van der Waals surface area contributed by atoms with Crippen LogP contribution in [0.15, 0.2) is 0 Å². The molecule has 1 aliphatic heterocycles. The van der Waals surface area contributed by atoms with E-state index in [1.54, 1.807) is 0 Å². The molecule has 1 heterocycles. The maximum absolute atomic E-state index is 5.88. The van der Waals surface area contributed by atoms with Gasteiger partial charge >= 0.3 is 0 Å². The molecule has 1 saturated carbocycles. The molecule has 0 spiro atoms. The summed E-state index contributed by atoms with van der Waals surface area (Å²) < 4.78 is 5.88. The molecule has 2 aliphatic rings. The van der Waals surface area contributed by atoms with Crippen LogP contribution in [0.2, 0.25) is 0 Å². The first-order valence-electron chi connectivity index (χ1n) is 10.7. The summed E-state index contributed by atoms with van der Waals surface area (Å²) in [7, 11) is 0. The lowest BCUT2D eigenvalue weighted by Gasteiger charge is -2.44. The minimum Gasteiger partial charge on any atom is -0.375 e. The predicted octanol–water partition coefficient (Wildman–Crippen LogP) is 4.66. The molecular weight excluding hydrogens is 308 g/mol. The SMILES string of the molecule is CC(C1CCC(N2CCN(CCOC(C)(C)C)CC2)CC1)C(C)(C)C. The largest absolute Gasteiger partial charge is 0.375 e. The monoisotopic (exact) mass is 352 g/mol. The van der Waals surface area contributed by atoms with Crippen molar-refractivity contribution in [2.45, 2.75) is 85.8 Å². The van der Waals surface area contributed by atoms with E-state index in [4.69, 9.17) is 4.74 Å². The van der Waals surface area contributed by atoms with Gasteiger partial charge in [-0.3, -0.25) is 9.80 Å². The number of ether oxygens (including phenoxy) is 1. The van der Waals surface area contributed by atoms with Crippen molar-refractivity contribution in [3.05, 3.63) is 0 Å². The lowest BCUT2D eigenvalue weighted by molar-refractivity contribution is -0.0213.